The van der Waals surface area contributed by atoms with Crippen molar-refractivity contribution in [3.63, 3.8) is 0 Å². The molecule has 2 aromatic rings. The molecule has 0 atom stereocenters. The highest BCUT2D eigenvalue weighted by Crippen LogP contribution is 2.25. The number of rotatable bonds is 4. The normalized spacial score (nSPS) is 15.4. The maximum Gasteiger partial charge on any atom is 0.414 e. The van der Waals surface area contributed by atoms with Gasteiger partial charge >= 0.3 is 6.09 Å². The number of aromatic nitrogens is 2. The predicted molar refractivity (Wildman–Crippen MR) is 101 cm³/mol. The molecule has 10 nitrogen and oxygen atoms in total. The Hall–Kier alpha value is -3.89. The Kier molecular flexibility index (Phi) is 4.86. The molecule has 30 heavy (non-hydrogen) atoms. The fourth-order valence-corrected chi connectivity index (χ4v) is 3.26. The summed E-state index contributed by atoms with van der Waals surface area (Å²) in [6.07, 6.45) is -0.617. The number of nitrogens with one attached hydrogen (secondary N) is 1. The van der Waals surface area contributed by atoms with E-state index < -0.39 is 34.8 Å². The number of carbonyl (C=O) groups excluding carboxylic acids is 2. The van der Waals surface area contributed by atoms with Crippen molar-refractivity contribution in [1.29, 1.82) is 0 Å². The number of aromatic hydroxyl groups is 1. The van der Waals surface area contributed by atoms with Gasteiger partial charge in [-0.05, 0) is 17.7 Å². The lowest BCUT2D eigenvalue weighted by Crippen LogP contribution is -2.34. The first-order valence-corrected chi connectivity index (χ1v) is 9.03. The van der Waals surface area contributed by atoms with Gasteiger partial charge in [-0.2, -0.15) is 0 Å². The van der Waals surface area contributed by atoms with Gasteiger partial charge in [0, 0.05) is 6.54 Å². The molecule has 1 aromatic carbocycles. The molecule has 1 fully saturated rings. The standard InChI is InChI=1S/C19H17FN4O6/c1-10-16-22-14(15(25)18(27)24(16)5-6-29-10)17(26)21-9-11-2-3-12(20)8-13(11)23-4-7-30-19(23)28/h2-3,8,25H,1,4-7,9H2,(H,21,26). The predicted octanol–water partition coefficient (Wildman–Crippen LogP) is 0.975. The zero-order chi connectivity index (χ0) is 21.4. The van der Waals surface area contributed by atoms with Crippen LogP contribution < -0.4 is 15.8 Å². The van der Waals surface area contributed by atoms with Crippen LogP contribution in [0.5, 0.6) is 5.75 Å². The highest BCUT2D eigenvalue weighted by molar-refractivity contribution is 5.95. The van der Waals surface area contributed by atoms with Gasteiger partial charge in [0.05, 0.1) is 18.8 Å². The summed E-state index contributed by atoms with van der Waals surface area (Å²) in [7, 11) is 0. The van der Waals surface area contributed by atoms with Crippen LogP contribution in [-0.2, 0) is 22.6 Å². The first kappa shape index (κ1) is 19.4. The van der Waals surface area contributed by atoms with E-state index in [-0.39, 0.29) is 50.1 Å². The molecule has 156 valence electrons. The van der Waals surface area contributed by atoms with E-state index in [4.69, 9.17) is 9.47 Å². The molecule has 0 saturated carbocycles. The van der Waals surface area contributed by atoms with Crippen molar-refractivity contribution in [2.45, 2.75) is 13.1 Å². The van der Waals surface area contributed by atoms with Crippen LogP contribution in [0.4, 0.5) is 14.9 Å². The SMILES string of the molecule is C=C1OCCn2c1nc(C(=O)NCc1ccc(F)cc1N1CCOC1=O)c(O)c2=O. The number of hydrogen-bond acceptors (Lipinski definition) is 7. The number of amides is 2. The first-order chi connectivity index (χ1) is 14.4. The van der Waals surface area contributed by atoms with Crippen molar-refractivity contribution >= 4 is 23.4 Å². The third-order valence-corrected chi connectivity index (χ3v) is 4.74. The minimum Gasteiger partial charge on any atom is -0.501 e. The summed E-state index contributed by atoms with van der Waals surface area (Å²) < 4.78 is 25.0. The molecule has 2 aliphatic heterocycles. The Balaban J connectivity index is 1.60. The molecule has 1 saturated heterocycles. The van der Waals surface area contributed by atoms with E-state index in [9.17, 15) is 23.9 Å². The second-order valence-corrected chi connectivity index (χ2v) is 6.58. The molecule has 0 spiro atoms. The molecular weight excluding hydrogens is 399 g/mol. The summed E-state index contributed by atoms with van der Waals surface area (Å²) in [6, 6.07) is 3.77. The fourth-order valence-electron chi connectivity index (χ4n) is 3.26. The zero-order valence-corrected chi connectivity index (χ0v) is 15.7. The topological polar surface area (TPSA) is 123 Å². The molecule has 1 aromatic heterocycles. The number of halogens is 1. The van der Waals surface area contributed by atoms with Crippen molar-refractivity contribution in [2.24, 2.45) is 0 Å². The van der Waals surface area contributed by atoms with E-state index >= 15 is 0 Å². The lowest BCUT2D eigenvalue weighted by molar-refractivity contribution is 0.0941. The molecule has 0 unspecified atom stereocenters. The van der Waals surface area contributed by atoms with E-state index in [0.717, 1.165) is 6.07 Å². The van der Waals surface area contributed by atoms with Gasteiger partial charge in [0.1, 0.15) is 19.0 Å². The van der Waals surface area contributed by atoms with Gasteiger partial charge in [0.15, 0.2) is 17.3 Å². The van der Waals surface area contributed by atoms with Gasteiger partial charge in [0.25, 0.3) is 11.5 Å². The van der Waals surface area contributed by atoms with E-state index in [2.05, 4.69) is 16.9 Å². The van der Waals surface area contributed by atoms with Gasteiger partial charge < -0.3 is 19.9 Å². The monoisotopic (exact) mass is 416 g/mol. The van der Waals surface area contributed by atoms with E-state index in [1.807, 2.05) is 0 Å². The third-order valence-electron chi connectivity index (χ3n) is 4.74. The fraction of sp³-hybridized carbons (Fsp3) is 0.263. The molecule has 2 amide bonds. The van der Waals surface area contributed by atoms with Crippen molar-refractivity contribution in [3.05, 3.63) is 58.0 Å². The third kappa shape index (κ3) is 3.34. The number of benzene rings is 1. The Morgan fingerprint density at radius 3 is 2.77 bits per heavy atom. The maximum atomic E-state index is 13.7. The van der Waals surface area contributed by atoms with Crippen LogP contribution >= 0.6 is 0 Å². The highest BCUT2D eigenvalue weighted by atomic mass is 19.1. The summed E-state index contributed by atoms with van der Waals surface area (Å²) >= 11 is 0. The Morgan fingerprint density at radius 1 is 1.27 bits per heavy atom. The van der Waals surface area contributed by atoms with E-state index in [0.29, 0.717) is 5.56 Å². The van der Waals surface area contributed by atoms with E-state index in [1.54, 1.807) is 0 Å². The molecule has 2 N–H and O–H groups in total. The number of anilines is 1. The first-order valence-electron chi connectivity index (χ1n) is 9.03. The van der Waals surface area contributed by atoms with Crippen LogP contribution in [-0.4, -0.2) is 46.4 Å². The molecule has 0 aliphatic carbocycles. The van der Waals surface area contributed by atoms with Crippen LogP contribution in [0.2, 0.25) is 0 Å². The number of cyclic esters (lactones) is 1. The van der Waals surface area contributed by atoms with Crippen LogP contribution in [0, 0.1) is 5.82 Å². The van der Waals surface area contributed by atoms with Crippen molar-refractivity contribution in [1.82, 2.24) is 14.9 Å². The van der Waals surface area contributed by atoms with Gasteiger partial charge in [-0.3, -0.25) is 19.1 Å². The van der Waals surface area contributed by atoms with Gasteiger partial charge in [-0.25, -0.2) is 14.2 Å². The second-order valence-electron chi connectivity index (χ2n) is 6.58. The van der Waals surface area contributed by atoms with Gasteiger partial charge in [-0.1, -0.05) is 12.6 Å². The summed E-state index contributed by atoms with van der Waals surface area (Å²) in [6.45, 7) is 4.32. The van der Waals surface area contributed by atoms with Crippen LogP contribution in [0.25, 0.3) is 5.76 Å². The van der Waals surface area contributed by atoms with Crippen molar-refractivity contribution < 1.29 is 28.6 Å². The second kappa shape index (κ2) is 7.50. The van der Waals surface area contributed by atoms with Crippen LogP contribution in [0.1, 0.15) is 21.9 Å². The number of ether oxygens (including phenoxy) is 2. The minimum absolute atomic E-state index is 0.0523. The summed E-state index contributed by atoms with van der Waals surface area (Å²) in [5.41, 5.74) is -0.577. The Morgan fingerprint density at radius 2 is 2.03 bits per heavy atom. The summed E-state index contributed by atoms with van der Waals surface area (Å²) in [5.74, 6) is -2.02. The number of carbonyl (C=O) groups is 2. The maximum absolute atomic E-state index is 13.7. The molecule has 0 radical (unpaired) electrons. The summed E-state index contributed by atoms with van der Waals surface area (Å²) in [5, 5.41) is 12.7. The highest BCUT2D eigenvalue weighted by Gasteiger charge is 2.28. The molecule has 2 aliphatic rings. The quantitative estimate of drug-likeness (QED) is 0.762. The number of fused-ring (bicyclic) bond motifs is 1. The molecule has 11 heteroatoms. The lowest BCUT2D eigenvalue weighted by Gasteiger charge is -2.21. The molecule has 0 bridgehead atoms. The lowest BCUT2D eigenvalue weighted by atomic mass is 10.1. The average molecular weight is 416 g/mol. The Labute approximate surface area is 169 Å². The van der Waals surface area contributed by atoms with E-state index in [1.165, 1.54) is 21.6 Å². The average Bonchev–Trinajstić information content (AvgIpc) is 3.15. The molecule has 3 heterocycles. The Bertz CT molecular complexity index is 1130. The van der Waals surface area contributed by atoms with Crippen LogP contribution in [0.3, 0.4) is 0 Å². The minimum atomic E-state index is -0.828. The van der Waals surface area contributed by atoms with Gasteiger partial charge in [0.2, 0.25) is 5.75 Å². The molecular formula is C19H17FN4O6. The molecule has 4 rings (SSSR count). The smallest absolute Gasteiger partial charge is 0.414 e. The van der Waals surface area contributed by atoms with Crippen molar-refractivity contribution in [2.75, 3.05) is 24.7 Å². The van der Waals surface area contributed by atoms with Crippen molar-refractivity contribution in [3.8, 4) is 5.75 Å². The van der Waals surface area contributed by atoms with Crippen LogP contribution in [0.15, 0.2) is 29.6 Å². The number of hydrogen-bond donors (Lipinski definition) is 2. The largest absolute Gasteiger partial charge is 0.501 e. The van der Waals surface area contributed by atoms with Gasteiger partial charge in [-0.15, -0.1) is 0 Å². The summed E-state index contributed by atoms with van der Waals surface area (Å²) in [4.78, 5) is 42.1. The zero-order valence-electron chi connectivity index (χ0n) is 15.7. The number of nitrogens with zero attached hydrogens (tertiary/aromatic N) is 3.